The number of carbonyl (C=O) groups is 1. The van der Waals surface area contributed by atoms with Gasteiger partial charge in [-0.3, -0.25) is 0 Å². The molecule has 7 heteroatoms. The summed E-state index contributed by atoms with van der Waals surface area (Å²) in [5, 5.41) is 0.950. The fourth-order valence-corrected chi connectivity index (χ4v) is 2.19. The molecular formula is C19H19ClO5S. The first-order valence-electron chi connectivity index (χ1n) is 7.48. The van der Waals surface area contributed by atoms with Crippen molar-refractivity contribution in [2.45, 2.75) is 0 Å². The van der Waals surface area contributed by atoms with Gasteiger partial charge in [0.25, 0.3) is 0 Å². The summed E-state index contributed by atoms with van der Waals surface area (Å²) in [4.78, 5) is 11.4. The molecule has 0 unspecified atom stereocenters. The minimum Gasteiger partial charge on any atom is -0.489 e. The van der Waals surface area contributed by atoms with E-state index in [9.17, 15) is 13.2 Å². The van der Waals surface area contributed by atoms with Gasteiger partial charge >= 0.3 is 5.97 Å². The molecule has 0 fully saturated rings. The molecule has 26 heavy (non-hydrogen) atoms. The number of benzene rings is 2. The predicted molar refractivity (Wildman–Crippen MR) is 104 cm³/mol. The average molecular weight is 395 g/mol. The highest BCUT2D eigenvalue weighted by atomic mass is 35.5. The minimum absolute atomic E-state index is 0.160. The first kappa shape index (κ1) is 21.5. The Balaban J connectivity index is 0.000000472. The van der Waals surface area contributed by atoms with Gasteiger partial charge in [-0.25, -0.2) is 4.79 Å². The van der Waals surface area contributed by atoms with Crippen molar-refractivity contribution in [2.24, 2.45) is 0 Å². The third-order valence-corrected chi connectivity index (χ3v) is 3.77. The number of halogens is 1. The van der Waals surface area contributed by atoms with Crippen molar-refractivity contribution >= 4 is 33.2 Å². The number of hydrogen-bond donors (Lipinski definition) is 0. The Bertz CT molecular complexity index is 826. The maximum Gasteiger partial charge on any atom is 0.337 e. The van der Waals surface area contributed by atoms with Gasteiger partial charge in [0.15, 0.2) is 0 Å². The van der Waals surface area contributed by atoms with Crippen molar-refractivity contribution in [2.75, 3.05) is 19.6 Å². The normalized spacial score (nSPS) is 9.31. The molecule has 0 radical (unpaired) electrons. The fraction of sp³-hybridized carbons (Fsp3) is 0.158. The van der Waals surface area contributed by atoms with Gasteiger partial charge in [0.05, 0.1) is 18.0 Å². The minimum atomic E-state index is -2.42. The summed E-state index contributed by atoms with van der Waals surface area (Å²) in [5.74, 6) is -0.00608. The summed E-state index contributed by atoms with van der Waals surface area (Å²) in [6, 6.07) is 16.3. The molecular weight excluding hydrogens is 376 g/mol. The molecule has 5 nitrogen and oxygen atoms in total. The summed E-state index contributed by atoms with van der Waals surface area (Å²) in [6.07, 6.45) is 0. The van der Waals surface area contributed by atoms with Crippen LogP contribution in [0.15, 0.2) is 66.7 Å². The van der Waals surface area contributed by atoms with Gasteiger partial charge in [-0.05, 0) is 23.8 Å². The molecule has 138 valence electrons. The molecule has 2 aromatic carbocycles. The number of hydrogen-bond acceptors (Lipinski definition) is 5. The molecule has 0 heterocycles. The number of ether oxygens (including phenoxy) is 2. The Morgan fingerprint density at radius 2 is 1.73 bits per heavy atom. The molecule has 0 aliphatic carbocycles. The number of methoxy groups -OCH3 is 1. The second-order valence-electron chi connectivity index (χ2n) is 4.95. The van der Waals surface area contributed by atoms with Gasteiger partial charge in [0, 0.05) is 11.4 Å². The molecule has 0 saturated heterocycles. The highest BCUT2D eigenvalue weighted by Gasteiger charge is 2.10. The van der Waals surface area contributed by atoms with E-state index in [0.717, 1.165) is 5.37 Å². The van der Waals surface area contributed by atoms with E-state index in [2.05, 4.69) is 11.3 Å². The molecule has 0 N–H and O–H groups in total. The smallest absolute Gasteiger partial charge is 0.337 e. The van der Waals surface area contributed by atoms with Crippen LogP contribution < -0.4 is 4.74 Å². The number of esters is 1. The molecule has 0 amide bonds. The zero-order valence-electron chi connectivity index (χ0n) is 14.2. The van der Waals surface area contributed by atoms with Gasteiger partial charge in [-0.2, -0.15) is 8.42 Å². The van der Waals surface area contributed by atoms with Crippen molar-refractivity contribution in [3.05, 3.63) is 77.9 Å². The molecule has 2 rings (SSSR count). The van der Waals surface area contributed by atoms with E-state index in [1.807, 2.05) is 36.4 Å². The van der Waals surface area contributed by atoms with Crippen molar-refractivity contribution in [3.63, 3.8) is 0 Å². The van der Waals surface area contributed by atoms with E-state index in [1.54, 1.807) is 0 Å². The van der Waals surface area contributed by atoms with Crippen molar-refractivity contribution in [3.8, 4) is 5.75 Å². The van der Waals surface area contributed by atoms with Gasteiger partial charge in [0.2, 0.25) is 10.3 Å². The Kier molecular flexibility index (Phi) is 9.82. The molecule has 0 aromatic heterocycles. The zero-order chi connectivity index (χ0) is 19.4. The second-order valence-corrected chi connectivity index (χ2v) is 5.97. The van der Waals surface area contributed by atoms with Gasteiger partial charge in [-0.1, -0.05) is 43.0 Å². The monoisotopic (exact) mass is 394 g/mol. The molecule has 0 spiro atoms. The second kappa shape index (κ2) is 11.9. The van der Waals surface area contributed by atoms with Gasteiger partial charge in [-0.15, -0.1) is 11.6 Å². The molecule has 0 bridgehead atoms. The zero-order valence-corrected chi connectivity index (χ0v) is 15.8. The van der Waals surface area contributed by atoms with Crippen LogP contribution in [0.4, 0.5) is 0 Å². The number of rotatable bonds is 6. The van der Waals surface area contributed by atoms with Gasteiger partial charge < -0.3 is 9.47 Å². The summed E-state index contributed by atoms with van der Waals surface area (Å²) >= 11 is 5.58. The van der Waals surface area contributed by atoms with Crippen LogP contribution in [-0.4, -0.2) is 39.4 Å². The average Bonchev–Trinajstić information content (AvgIpc) is 2.67. The largest absolute Gasteiger partial charge is 0.489 e. The standard InChI is InChI=1S/C13H13ClO5S.C6H6/c1-9(6-14)7-19-12-4-3-10(13(15)18-2)5-11(12)8-20(16)17;1-2-4-6-5-3-1/h3-5,8H,1,6-7H2,2H3;1-6H. The van der Waals surface area contributed by atoms with E-state index in [4.69, 9.17) is 16.3 Å². The van der Waals surface area contributed by atoms with Crippen LogP contribution in [0.2, 0.25) is 0 Å². The summed E-state index contributed by atoms with van der Waals surface area (Å²) in [7, 11) is -1.18. The maximum atomic E-state index is 11.4. The lowest BCUT2D eigenvalue weighted by Crippen LogP contribution is -2.06. The van der Waals surface area contributed by atoms with Crippen molar-refractivity contribution in [1.29, 1.82) is 0 Å². The molecule has 0 saturated carbocycles. The van der Waals surface area contributed by atoms with Crippen LogP contribution in [0, 0.1) is 0 Å². The summed E-state index contributed by atoms with van der Waals surface area (Å²) in [5.41, 5.74) is 1.13. The molecule has 0 atom stereocenters. The van der Waals surface area contributed by atoms with Crippen LogP contribution in [0.3, 0.4) is 0 Å². The lowest BCUT2D eigenvalue weighted by Gasteiger charge is -2.10. The fourth-order valence-electron chi connectivity index (χ4n) is 1.72. The Hall–Kier alpha value is -2.57. The SMILES string of the molecule is C=C(CCl)COc1ccc(C(=O)OC)cc1C=S(=O)=O.c1ccccc1. The Morgan fingerprint density at radius 3 is 2.19 bits per heavy atom. The topological polar surface area (TPSA) is 69.7 Å². The highest BCUT2D eigenvalue weighted by molar-refractivity contribution is 7.71. The molecule has 0 aliphatic heterocycles. The third-order valence-electron chi connectivity index (χ3n) is 2.94. The van der Waals surface area contributed by atoms with Crippen LogP contribution >= 0.6 is 11.6 Å². The lowest BCUT2D eigenvalue weighted by atomic mass is 10.1. The summed E-state index contributed by atoms with van der Waals surface area (Å²) < 4.78 is 31.6. The molecule has 0 aliphatic rings. The first-order valence-corrected chi connectivity index (χ1v) is 9.16. The van der Waals surface area contributed by atoms with E-state index >= 15 is 0 Å². The van der Waals surface area contributed by atoms with E-state index < -0.39 is 16.3 Å². The van der Waals surface area contributed by atoms with Crippen LogP contribution in [-0.2, 0) is 15.0 Å². The predicted octanol–water partition coefficient (Wildman–Crippen LogP) is 3.36. The number of alkyl halides is 1. The summed E-state index contributed by atoms with van der Waals surface area (Å²) in [6.45, 7) is 3.84. The lowest BCUT2D eigenvalue weighted by molar-refractivity contribution is 0.0600. The van der Waals surface area contributed by atoms with Crippen LogP contribution in [0.1, 0.15) is 15.9 Å². The first-order chi connectivity index (χ1) is 12.5. The Morgan fingerprint density at radius 1 is 1.15 bits per heavy atom. The van der Waals surface area contributed by atoms with Crippen molar-refractivity contribution in [1.82, 2.24) is 0 Å². The van der Waals surface area contributed by atoms with Crippen LogP contribution in [0.5, 0.6) is 5.75 Å². The quantitative estimate of drug-likeness (QED) is 0.325. The van der Waals surface area contributed by atoms with E-state index in [-0.39, 0.29) is 23.6 Å². The van der Waals surface area contributed by atoms with Crippen LogP contribution in [0.25, 0.3) is 0 Å². The van der Waals surface area contributed by atoms with Crippen molar-refractivity contribution < 1.29 is 22.7 Å². The Labute approximate surface area is 159 Å². The maximum absolute atomic E-state index is 11.4. The molecule has 2 aromatic rings. The van der Waals surface area contributed by atoms with E-state index in [0.29, 0.717) is 11.3 Å². The van der Waals surface area contributed by atoms with Gasteiger partial charge in [0.1, 0.15) is 12.4 Å². The number of carbonyl (C=O) groups excluding carboxylic acids is 1. The third kappa shape index (κ3) is 8.00. The highest BCUT2D eigenvalue weighted by Crippen LogP contribution is 2.20. The van der Waals surface area contributed by atoms with E-state index in [1.165, 1.54) is 25.3 Å².